The summed E-state index contributed by atoms with van der Waals surface area (Å²) in [6.07, 6.45) is 0.483. The number of aliphatic hydroxyl groups excluding tert-OH is 1. The summed E-state index contributed by atoms with van der Waals surface area (Å²) in [6, 6.07) is 1.39. The molecule has 4 nitrogen and oxygen atoms in total. The number of nitrogens with one attached hydrogen (secondary N) is 1. The fourth-order valence-electron chi connectivity index (χ4n) is 1.71. The standard InChI is InChI=1S/C11H12F2N2O2/c12-8-4-9(13)10(14)3-7(8)11(17)15-5-1-6(16)2-5/h3-6,16H,1-2,14H2,(H,15,17). The lowest BCUT2D eigenvalue weighted by molar-refractivity contribution is 0.0561. The van der Waals surface area contributed by atoms with Gasteiger partial charge in [-0.2, -0.15) is 0 Å². The Labute approximate surface area is 96.4 Å². The molecule has 0 atom stereocenters. The summed E-state index contributed by atoms with van der Waals surface area (Å²) in [7, 11) is 0. The number of amides is 1. The van der Waals surface area contributed by atoms with Crippen LogP contribution in [0.2, 0.25) is 0 Å². The highest BCUT2D eigenvalue weighted by Crippen LogP contribution is 2.21. The van der Waals surface area contributed by atoms with E-state index >= 15 is 0 Å². The third-order valence-corrected chi connectivity index (χ3v) is 2.78. The molecule has 1 aliphatic carbocycles. The second kappa shape index (κ2) is 4.29. The molecule has 1 saturated carbocycles. The van der Waals surface area contributed by atoms with Gasteiger partial charge in [0.25, 0.3) is 5.91 Å². The van der Waals surface area contributed by atoms with Crippen molar-refractivity contribution in [3.05, 3.63) is 29.3 Å². The van der Waals surface area contributed by atoms with Gasteiger partial charge in [-0.15, -0.1) is 0 Å². The zero-order chi connectivity index (χ0) is 12.6. The molecule has 0 heterocycles. The van der Waals surface area contributed by atoms with Gasteiger partial charge in [0, 0.05) is 12.1 Å². The Morgan fingerprint density at radius 3 is 2.59 bits per heavy atom. The summed E-state index contributed by atoms with van der Waals surface area (Å²) in [5.41, 5.74) is 4.71. The molecule has 92 valence electrons. The summed E-state index contributed by atoms with van der Waals surface area (Å²) in [4.78, 5) is 11.6. The Hall–Kier alpha value is -1.69. The molecular weight excluding hydrogens is 230 g/mol. The first kappa shape index (κ1) is 11.8. The van der Waals surface area contributed by atoms with Gasteiger partial charge in [-0.1, -0.05) is 0 Å². The second-order valence-corrected chi connectivity index (χ2v) is 4.15. The molecule has 1 fully saturated rings. The van der Waals surface area contributed by atoms with Gasteiger partial charge in [-0.25, -0.2) is 8.78 Å². The van der Waals surface area contributed by atoms with E-state index in [4.69, 9.17) is 10.8 Å². The summed E-state index contributed by atoms with van der Waals surface area (Å²) in [6.45, 7) is 0. The van der Waals surface area contributed by atoms with Crippen molar-refractivity contribution in [3.8, 4) is 0 Å². The first-order chi connectivity index (χ1) is 7.97. The van der Waals surface area contributed by atoms with E-state index in [1.54, 1.807) is 0 Å². The predicted molar refractivity (Wildman–Crippen MR) is 57.3 cm³/mol. The molecule has 4 N–H and O–H groups in total. The quantitative estimate of drug-likeness (QED) is 0.671. The second-order valence-electron chi connectivity index (χ2n) is 4.15. The van der Waals surface area contributed by atoms with Crippen LogP contribution in [0.1, 0.15) is 23.2 Å². The maximum atomic E-state index is 13.3. The minimum absolute atomic E-state index is 0.164. The van der Waals surface area contributed by atoms with Gasteiger partial charge in [-0.3, -0.25) is 4.79 Å². The first-order valence-electron chi connectivity index (χ1n) is 5.21. The van der Waals surface area contributed by atoms with Crippen molar-refractivity contribution >= 4 is 11.6 Å². The number of carbonyl (C=O) groups is 1. The molecule has 1 aliphatic rings. The molecule has 0 radical (unpaired) electrons. The number of hydrogen-bond donors (Lipinski definition) is 3. The van der Waals surface area contributed by atoms with E-state index in [1.165, 1.54) is 0 Å². The highest BCUT2D eigenvalue weighted by atomic mass is 19.1. The van der Waals surface area contributed by atoms with E-state index in [0.717, 1.165) is 6.07 Å². The minimum Gasteiger partial charge on any atom is -0.396 e. The van der Waals surface area contributed by atoms with Gasteiger partial charge in [0.05, 0.1) is 17.4 Å². The van der Waals surface area contributed by atoms with E-state index in [0.29, 0.717) is 18.9 Å². The van der Waals surface area contributed by atoms with Crippen LogP contribution >= 0.6 is 0 Å². The topological polar surface area (TPSA) is 75.4 Å². The van der Waals surface area contributed by atoms with Crippen LogP contribution < -0.4 is 11.1 Å². The van der Waals surface area contributed by atoms with E-state index in [1.807, 2.05) is 0 Å². The zero-order valence-electron chi connectivity index (χ0n) is 8.91. The lowest BCUT2D eigenvalue weighted by Crippen LogP contribution is -2.46. The minimum atomic E-state index is -0.950. The third-order valence-electron chi connectivity index (χ3n) is 2.78. The fraction of sp³-hybridized carbons (Fsp3) is 0.364. The monoisotopic (exact) mass is 242 g/mol. The van der Waals surface area contributed by atoms with Crippen molar-refractivity contribution in [1.29, 1.82) is 0 Å². The van der Waals surface area contributed by atoms with Crippen molar-refractivity contribution in [1.82, 2.24) is 5.32 Å². The molecule has 0 spiro atoms. The number of aliphatic hydroxyl groups is 1. The number of nitrogens with two attached hydrogens (primary N) is 1. The first-order valence-corrected chi connectivity index (χ1v) is 5.21. The molecule has 0 unspecified atom stereocenters. The Balaban J connectivity index is 2.11. The van der Waals surface area contributed by atoms with Gasteiger partial charge < -0.3 is 16.2 Å². The number of halogens is 2. The van der Waals surface area contributed by atoms with E-state index < -0.39 is 23.6 Å². The van der Waals surface area contributed by atoms with Crippen LogP contribution in [0.15, 0.2) is 12.1 Å². The van der Waals surface area contributed by atoms with Gasteiger partial charge in [0.2, 0.25) is 0 Å². The van der Waals surface area contributed by atoms with Gasteiger partial charge in [0.15, 0.2) is 0 Å². The molecule has 6 heteroatoms. The van der Waals surface area contributed by atoms with Crippen LogP contribution in [-0.4, -0.2) is 23.2 Å². The molecule has 0 bridgehead atoms. The van der Waals surface area contributed by atoms with Crippen LogP contribution in [0.3, 0.4) is 0 Å². The van der Waals surface area contributed by atoms with Crippen LogP contribution in [0, 0.1) is 11.6 Å². The van der Waals surface area contributed by atoms with Crippen LogP contribution in [0.5, 0.6) is 0 Å². The molecule has 2 rings (SSSR count). The van der Waals surface area contributed by atoms with Gasteiger partial charge in [-0.05, 0) is 18.9 Å². The highest BCUT2D eigenvalue weighted by Gasteiger charge is 2.29. The van der Waals surface area contributed by atoms with Gasteiger partial charge in [0.1, 0.15) is 11.6 Å². The van der Waals surface area contributed by atoms with E-state index in [9.17, 15) is 13.6 Å². The SMILES string of the molecule is Nc1cc(C(=O)NC2CC(O)C2)c(F)cc1F. The normalized spacial score (nSPS) is 23.0. The number of rotatable bonds is 2. The van der Waals surface area contributed by atoms with Crippen molar-refractivity contribution < 1.29 is 18.7 Å². The molecule has 1 aromatic rings. The molecule has 0 saturated heterocycles. The lowest BCUT2D eigenvalue weighted by Gasteiger charge is -2.31. The number of benzene rings is 1. The van der Waals surface area contributed by atoms with Crippen molar-refractivity contribution in [2.24, 2.45) is 0 Å². The molecular formula is C11H12F2N2O2. The van der Waals surface area contributed by atoms with E-state index in [2.05, 4.69) is 5.32 Å². The Morgan fingerprint density at radius 2 is 2.00 bits per heavy atom. The van der Waals surface area contributed by atoms with E-state index in [-0.39, 0.29) is 17.3 Å². The maximum Gasteiger partial charge on any atom is 0.254 e. The summed E-state index contributed by atoms with van der Waals surface area (Å²) < 4.78 is 26.2. The number of nitrogen functional groups attached to an aromatic ring is 1. The lowest BCUT2D eigenvalue weighted by atomic mass is 9.89. The highest BCUT2D eigenvalue weighted by molar-refractivity contribution is 5.95. The molecule has 1 aromatic carbocycles. The van der Waals surface area contributed by atoms with Crippen molar-refractivity contribution in [3.63, 3.8) is 0 Å². The number of carbonyl (C=O) groups excluding carboxylic acids is 1. The van der Waals surface area contributed by atoms with Crippen molar-refractivity contribution in [2.75, 3.05) is 5.73 Å². The fourth-order valence-corrected chi connectivity index (χ4v) is 1.71. The smallest absolute Gasteiger partial charge is 0.254 e. The third kappa shape index (κ3) is 2.36. The van der Waals surface area contributed by atoms with Gasteiger partial charge >= 0.3 is 0 Å². The number of hydrogen-bond acceptors (Lipinski definition) is 3. The van der Waals surface area contributed by atoms with Crippen molar-refractivity contribution in [2.45, 2.75) is 25.0 Å². The predicted octanol–water partition coefficient (Wildman–Crippen LogP) is 0.800. The Kier molecular flexibility index (Phi) is 2.97. The Morgan fingerprint density at radius 1 is 1.35 bits per heavy atom. The Bertz CT molecular complexity index is 459. The number of anilines is 1. The van der Waals surface area contributed by atoms with Crippen LogP contribution in [0.4, 0.5) is 14.5 Å². The summed E-state index contributed by atoms with van der Waals surface area (Å²) in [5, 5.41) is 11.6. The maximum absolute atomic E-state index is 13.3. The average Bonchev–Trinajstić information content (AvgIpc) is 2.21. The summed E-state index contributed by atoms with van der Waals surface area (Å²) in [5.74, 6) is -2.49. The molecule has 0 aromatic heterocycles. The van der Waals surface area contributed by atoms with Crippen LogP contribution in [-0.2, 0) is 0 Å². The molecule has 17 heavy (non-hydrogen) atoms. The summed E-state index contributed by atoms with van der Waals surface area (Å²) >= 11 is 0. The molecule has 0 aliphatic heterocycles. The molecule has 1 amide bonds. The average molecular weight is 242 g/mol. The largest absolute Gasteiger partial charge is 0.396 e. The van der Waals surface area contributed by atoms with Crippen LogP contribution in [0.25, 0.3) is 0 Å². The zero-order valence-corrected chi connectivity index (χ0v) is 8.91.